The lowest BCUT2D eigenvalue weighted by Crippen LogP contribution is -2.47. The van der Waals surface area contributed by atoms with Crippen LogP contribution >= 0.6 is 0 Å². The number of hydrogen-bond acceptors (Lipinski definition) is 5. The third-order valence-corrected chi connectivity index (χ3v) is 2.87. The van der Waals surface area contributed by atoms with E-state index in [2.05, 4.69) is 0 Å². The van der Waals surface area contributed by atoms with Crippen molar-refractivity contribution < 1.29 is 29.0 Å². The number of carboxylic acid groups (broad SMARTS) is 1. The minimum atomic E-state index is -1.23. The molecule has 1 fully saturated rings. The molecule has 0 saturated carbocycles. The lowest BCUT2D eigenvalue weighted by Gasteiger charge is -2.27. The summed E-state index contributed by atoms with van der Waals surface area (Å²) in [5.41, 5.74) is -0.720. The molecule has 1 aliphatic heterocycles. The van der Waals surface area contributed by atoms with Crippen LogP contribution in [0.2, 0.25) is 0 Å². The van der Waals surface area contributed by atoms with Gasteiger partial charge in [0.25, 0.3) is 0 Å². The molecule has 1 amide bonds. The summed E-state index contributed by atoms with van der Waals surface area (Å²) >= 11 is 0. The predicted octanol–water partition coefficient (Wildman–Crippen LogP) is 1.26. The fourth-order valence-electron chi connectivity index (χ4n) is 2.12. The van der Waals surface area contributed by atoms with E-state index in [9.17, 15) is 19.5 Å². The largest absolute Gasteiger partial charge is 0.480 e. The molecule has 2 atom stereocenters. The summed E-state index contributed by atoms with van der Waals surface area (Å²) in [7, 11) is 0. The SMILES string of the molecule is CCOC(=O)C1CCN(C(=O)OC(C)(C)C)[C@@H]1C(=O)O. The zero-order chi connectivity index (χ0) is 15.5. The fraction of sp³-hybridized carbons (Fsp3) is 0.769. The molecule has 7 heteroatoms. The Balaban J connectivity index is 2.86. The number of ether oxygens (including phenoxy) is 2. The van der Waals surface area contributed by atoms with Crippen molar-refractivity contribution in [1.82, 2.24) is 4.90 Å². The van der Waals surface area contributed by atoms with Crippen molar-refractivity contribution in [2.24, 2.45) is 5.92 Å². The molecule has 1 rings (SSSR count). The minimum Gasteiger partial charge on any atom is -0.480 e. The number of amides is 1. The van der Waals surface area contributed by atoms with Gasteiger partial charge in [-0.1, -0.05) is 0 Å². The van der Waals surface area contributed by atoms with E-state index >= 15 is 0 Å². The number of likely N-dealkylation sites (tertiary alicyclic amines) is 1. The van der Waals surface area contributed by atoms with E-state index < -0.39 is 35.6 Å². The molecule has 114 valence electrons. The third kappa shape index (κ3) is 3.85. The van der Waals surface area contributed by atoms with Crippen LogP contribution in [0.15, 0.2) is 0 Å². The Morgan fingerprint density at radius 1 is 1.30 bits per heavy atom. The van der Waals surface area contributed by atoms with Crippen LogP contribution in [0.25, 0.3) is 0 Å². The van der Waals surface area contributed by atoms with Gasteiger partial charge in [-0.25, -0.2) is 9.59 Å². The normalized spacial score (nSPS) is 22.5. The maximum Gasteiger partial charge on any atom is 0.411 e. The van der Waals surface area contributed by atoms with E-state index in [-0.39, 0.29) is 19.6 Å². The lowest BCUT2D eigenvalue weighted by molar-refractivity contribution is -0.155. The van der Waals surface area contributed by atoms with Crippen molar-refractivity contribution in [3.8, 4) is 0 Å². The number of hydrogen-bond donors (Lipinski definition) is 1. The number of nitrogens with zero attached hydrogens (tertiary/aromatic N) is 1. The van der Waals surface area contributed by atoms with E-state index in [1.54, 1.807) is 27.7 Å². The van der Waals surface area contributed by atoms with E-state index in [4.69, 9.17) is 9.47 Å². The zero-order valence-electron chi connectivity index (χ0n) is 12.2. The molecule has 1 unspecified atom stereocenters. The summed E-state index contributed by atoms with van der Waals surface area (Å²) in [6, 6.07) is -1.23. The number of esters is 1. The Hall–Kier alpha value is -1.79. The van der Waals surface area contributed by atoms with Crippen LogP contribution < -0.4 is 0 Å². The topological polar surface area (TPSA) is 93.1 Å². The number of carboxylic acids is 1. The van der Waals surface area contributed by atoms with Gasteiger partial charge in [0.2, 0.25) is 0 Å². The Bertz CT molecular complexity index is 400. The maximum atomic E-state index is 12.0. The summed E-state index contributed by atoms with van der Waals surface area (Å²) in [6.45, 7) is 7.07. The zero-order valence-corrected chi connectivity index (χ0v) is 12.2. The molecule has 0 aromatic heterocycles. The first-order valence-electron chi connectivity index (χ1n) is 6.56. The first kappa shape index (κ1) is 16.3. The van der Waals surface area contributed by atoms with Crippen molar-refractivity contribution in [1.29, 1.82) is 0 Å². The Morgan fingerprint density at radius 2 is 1.90 bits per heavy atom. The summed E-state index contributed by atoms with van der Waals surface area (Å²) < 4.78 is 10.0. The summed E-state index contributed by atoms with van der Waals surface area (Å²) in [6.07, 6.45) is -0.466. The Kier molecular flexibility index (Phi) is 4.97. The molecule has 1 heterocycles. The molecule has 0 aromatic rings. The fourth-order valence-corrected chi connectivity index (χ4v) is 2.12. The van der Waals surface area contributed by atoms with Gasteiger partial charge in [0.15, 0.2) is 0 Å². The number of rotatable bonds is 3. The van der Waals surface area contributed by atoms with Gasteiger partial charge in [-0.15, -0.1) is 0 Å². The van der Waals surface area contributed by atoms with Crippen LogP contribution in [0.5, 0.6) is 0 Å². The van der Waals surface area contributed by atoms with Gasteiger partial charge in [-0.05, 0) is 34.1 Å². The third-order valence-electron chi connectivity index (χ3n) is 2.87. The second kappa shape index (κ2) is 6.11. The quantitative estimate of drug-likeness (QED) is 0.785. The molecule has 1 N–H and O–H groups in total. The summed E-state index contributed by atoms with van der Waals surface area (Å²) in [5, 5.41) is 9.26. The predicted molar refractivity (Wildman–Crippen MR) is 69.1 cm³/mol. The number of carbonyl (C=O) groups is 3. The van der Waals surface area contributed by atoms with Gasteiger partial charge in [0.05, 0.1) is 12.5 Å². The van der Waals surface area contributed by atoms with Crippen molar-refractivity contribution in [2.45, 2.75) is 45.8 Å². The lowest BCUT2D eigenvalue weighted by atomic mass is 10.0. The van der Waals surface area contributed by atoms with Crippen LogP contribution in [-0.4, -0.2) is 52.8 Å². The minimum absolute atomic E-state index is 0.162. The van der Waals surface area contributed by atoms with Gasteiger partial charge in [-0.2, -0.15) is 0 Å². The first-order chi connectivity index (χ1) is 9.17. The molecule has 0 aliphatic carbocycles. The highest BCUT2D eigenvalue weighted by Gasteiger charge is 2.47. The molecular formula is C13H21NO6. The van der Waals surface area contributed by atoms with E-state index in [0.717, 1.165) is 4.90 Å². The standard InChI is InChI=1S/C13H21NO6/c1-5-19-11(17)8-6-7-14(9(8)10(15)16)12(18)20-13(2,3)4/h8-9H,5-7H2,1-4H3,(H,15,16)/t8?,9-/m0/s1. The summed E-state index contributed by atoms with van der Waals surface area (Å²) in [5.74, 6) is -2.67. The van der Waals surface area contributed by atoms with Crippen LogP contribution in [0, 0.1) is 5.92 Å². The van der Waals surface area contributed by atoms with Gasteiger partial charge >= 0.3 is 18.0 Å². The molecular weight excluding hydrogens is 266 g/mol. The average molecular weight is 287 g/mol. The molecule has 7 nitrogen and oxygen atoms in total. The second-order valence-electron chi connectivity index (χ2n) is 5.60. The highest BCUT2D eigenvalue weighted by molar-refractivity contribution is 5.88. The maximum absolute atomic E-state index is 12.0. The van der Waals surface area contributed by atoms with Crippen molar-refractivity contribution in [3.05, 3.63) is 0 Å². The molecule has 20 heavy (non-hydrogen) atoms. The Labute approximate surface area is 117 Å². The molecule has 1 aliphatic rings. The van der Waals surface area contributed by atoms with Gasteiger partial charge in [0.1, 0.15) is 11.6 Å². The highest BCUT2D eigenvalue weighted by atomic mass is 16.6. The van der Waals surface area contributed by atoms with E-state index in [1.165, 1.54) is 0 Å². The number of aliphatic carboxylic acids is 1. The highest BCUT2D eigenvalue weighted by Crippen LogP contribution is 2.27. The van der Waals surface area contributed by atoms with Crippen molar-refractivity contribution >= 4 is 18.0 Å². The van der Waals surface area contributed by atoms with Crippen LogP contribution in [0.4, 0.5) is 4.79 Å². The number of carbonyl (C=O) groups excluding carboxylic acids is 2. The van der Waals surface area contributed by atoms with Crippen LogP contribution in [-0.2, 0) is 19.1 Å². The van der Waals surface area contributed by atoms with Crippen LogP contribution in [0.1, 0.15) is 34.1 Å². The Morgan fingerprint density at radius 3 is 2.35 bits per heavy atom. The molecule has 0 bridgehead atoms. The van der Waals surface area contributed by atoms with E-state index in [1.807, 2.05) is 0 Å². The smallest absolute Gasteiger partial charge is 0.411 e. The van der Waals surface area contributed by atoms with Crippen molar-refractivity contribution in [3.63, 3.8) is 0 Å². The monoisotopic (exact) mass is 287 g/mol. The molecule has 0 aromatic carbocycles. The van der Waals surface area contributed by atoms with Crippen molar-refractivity contribution in [2.75, 3.05) is 13.2 Å². The molecule has 0 spiro atoms. The molecule has 1 saturated heterocycles. The average Bonchev–Trinajstić information content (AvgIpc) is 2.71. The van der Waals surface area contributed by atoms with Gasteiger partial charge in [-0.3, -0.25) is 9.69 Å². The van der Waals surface area contributed by atoms with Crippen LogP contribution in [0.3, 0.4) is 0 Å². The van der Waals surface area contributed by atoms with Gasteiger partial charge < -0.3 is 14.6 Å². The molecule has 0 radical (unpaired) electrons. The first-order valence-corrected chi connectivity index (χ1v) is 6.56. The summed E-state index contributed by atoms with van der Waals surface area (Å²) in [4.78, 5) is 36.2. The van der Waals surface area contributed by atoms with Gasteiger partial charge in [0, 0.05) is 6.54 Å². The second-order valence-corrected chi connectivity index (χ2v) is 5.60. The van der Waals surface area contributed by atoms with E-state index in [0.29, 0.717) is 0 Å².